The topological polar surface area (TPSA) is 47.6 Å². The van der Waals surface area contributed by atoms with Gasteiger partial charge in [0.25, 0.3) is 5.91 Å². The highest BCUT2D eigenvalue weighted by Crippen LogP contribution is 2.30. The molecule has 2 aromatic carbocycles. The minimum atomic E-state index is -0.0967. The summed E-state index contributed by atoms with van der Waals surface area (Å²) in [6.07, 6.45) is 1.97. The van der Waals surface area contributed by atoms with Crippen LogP contribution in [0.1, 0.15) is 30.5 Å². The van der Waals surface area contributed by atoms with Crippen LogP contribution in [0.25, 0.3) is 0 Å². The van der Waals surface area contributed by atoms with E-state index < -0.39 is 0 Å². The highest BCUT2D eigenvalue weighted by Gasteiger charge is 2.23. The van der Waals surface area contributed by atoms with Crippen molar-refractivity contribution in [1.29, 1.82) is 0 Å². The summed E-state index contributed by atoms with van der Waals surface area (Å²) >= 11 is 0. The van der Waals surface area contributed by atoms with Crippen molar-refractivity contribution in [3.8, 4) is 11.5 Å². The molecule has 0 spiro atoms. The summed E-state index contributed by atoms with van der Waals surface area (Å²) in [4.78, 5) is 12.1. The number of hydrogen-bond acceptors (Lipinski definition) is 3. The van der Waals surface area contributed by atoms with Gasteiger partial charge in [-0.05, 0) is 55.2 Å². The van der Waals surface area contributed by atoms with Crippen LogP contribution in [0.5, 0.6) is 11.5 Å². The number of carbonyl (C=O) groups is 1. The molecule has 0 heterocycles. The molecular weight excluding hydrogens is 290 g/mol. The fourth-order valence-electron chi connectivity index (χ4n) is 2.89. The van der Waals surface area contributed by atoms with Gasteiger partial charge in [0.1, 0.15) is 11.5 Å². The minimum absolute atomic E-state index is 0.0205. The molecule has 1 amide bonds. The number of nitrogens with one attached hydrogen (secondary N) is 1. The summed E-state index contributed by atoms with van der Waals surface area (Å²) < 4.78 is 10.9. The highest BCUT2D eigenvalue weighted by molar-refractivity contribution is 5.78. The predicted octanol–water partition coefficient (Wildman–Crippen LogP) is 3.27. The second-order valence-corrected chi connectivity index (χ2v) is 5.55. The highest BCUT2D eigenvalue weighted by atomic mass is 16.5. The maximum atomic E-state index is 12.1. The molecule has 4 heteroatoms. The Morgan fingerprint density at radius 2 is 1.78 bits per heavy atom. The zero-order valence-corrected chi connectivity index (χ0v) is 13.2. The molecule has 0 bridgehead atoms. The lowest BCUT2D eigenvalue weighted by Crippen LogP contribution is -2.31. The summed E-state index contributed by atoms with van der Waals surface area (Å²) in [5.74, 6) is 1.36. The van der Waals surface area contributed by atoms with Crippen LogP contribution in [0.2, 0.25) is 0 Å². The molecule has 0 saturated carbocycles. The summed E-state index contributed by atoms with van der Waals surface area (Å²) in [6, 6.07) is 15.7. The minimum Gasteiger partial charge on any atom is -0.494 e. The molecule has 4 nitrogen and oxygen atoms in total. The molecule has 23 heavy (non-hydrogen) atoms. The Morgan fingerprint density at radius 1 is 1.09 bits per heavy atom. The van der Waals surface area contributed by atoms with Crippen LogP contribution in [0, 0.1) is 0 Å². The largest absolute Gasteiger partial charge is 0.494 e. The van der Waals surface area contributed by atoms with Gasteiger partial charge in [0, 0.05) is 0 Å². The smallest absolute Gasteiger partial charge is 0.258 e. The summed E-state index contributed by atoms with van der Waals surface area (Å²) in [5.41, 5.74) is 2.55. The van der Waals surface area contributed by atoms with E-state index >= 15 is 0 Å². The lowest BCUT2D eigenvalue weighted by molar-refractivity contribution is -0.123. The van der Waals surface area contributed by atoms with E-state index in [9.17, 15) is 4.79 Å². The van der Waals surface area contributed by atoms with Crippen molar-refractivity contribution in [3.05, 3.63) is 59.7 Å². The maximum Gasteiger partial charge on any atom is 0.258 e. The van der Waals surface area contributed by atoms with Crippen molar-refractivity contribution in [2.45, 2.75) is 25.8 Å². The predicted molar refractivity (Wildman–Crippen MR) is 88.8 cm³/mol. The first-order valence-corrected chi connectivity index (χ1v) is 7.99. The van der Waals surface area contributed by atoms with Crippen molar-refractivity contribution < 1.29 is 14.3 Å². The first-order chi connectivity index (χ1) is 11.3. The van der Waals surface area contributed by atoms with Gasteiger partial charge in [-0.2, -0.15) is 0 Å². The Kier molecular flexibility index (Phi) is 4.81. The lowest BCUT2D eigenvalue weighted by atomic mass is 10.1. The number of aryl methyl sites for hydroxylation is 1. The Balaban J connectivity index is 1.50. The Hall–Kier alpha value is -2.49. The molecule has 1 aliphatic rings. The monoisotopic (exact) mass is 311 g/mol. The summed E-state index contributed by atoms with van der Waals surface area (Å²) in [6.45, 7) is 2.59. The second-order valence-electron chi connectivity index (χ2n) is 5.55. The Morgan fingerprint density at radius 3 is 2.52 bits per heavy atom. The third-order valence-corrected chi connectivity index (χ3v) is 3.97. The number of hydrogen-bond donors (Lipinski definition) is 1. The van der Waals surface area contributed by atoms with Crippen LogP contribution >= 0.6 is 0 Å². The van der Waals surface area contributed by atoms with Crippen LogP contribution in [0.3, 0.4) is 0 Å². The number of fused-ring (bicyclic) bond motifs is 1. The fourth-order valence-corrected chi connectivity index (χ4v) is 2.89. The fraction of sp³-hybridized carbons (Fsp3) is 0.316. The van der Waals surface area contributed by atoms with Gasteiger partial charge >= 0.3 is 0 Å². The van der Waals surface area contributed by atoms with Crippen molar-refractivity contribution in [2.24, 2.45) is 0 Å². The second kappa shape index (κ2) is 7.18. The van der Waals surface area contributed by atoms with E-state index in [0.717, 1.165) is 18.6 Å². The van der Waals surface area contributed by atoms with Crippen molar-refractivity contribution in [1.82, 2.24) is 5.32 Å². The van der Waals surface area contributed by atoms with Crippen LogP contribution in [0.4, 0.5) is 0 Å². The summed E-state index contributed by atoms with van der Waals surface area (Å²) in [7, 11) is 0. The molecular formula is C19H21NO3. The molecule has 0 aromatic heterocycles. The van der Waals surface area contributed by atoms with E-state index in [0.29, 0.717) is 12.4 Å². The summed E-state index contributed by atoms with van der Waals surface area (Å²) in [5, 5.41) is 3.05. The third-order valence-electron chi connectivity index (χ3n) is 3.97. The van der Waals surface area contributed by atoms with E-state index in [1.807, 2.05) is 43.3 Å². The first-order valence-electron chi connectivity index (χ1n) is 7.99. The van der Waals surface area contributed by atoms with Crippen LogP contribution in [-0.2, 0) is 11.2 Å². The number of rotatable bonds is 6. The molecule has 1 aliphatic carbocycles. The molecule has 0 saturated heterocycles. The van der Waals surface area contributed by atoms with E-state index in [-0.39, 0.29) is 18.6 Å². The van der Waals surface area contributed by atoms with Gasteiger partial charge in [-0.1, -0.05) is 24.3 Å². The zero-order chi connectivity index (χ0) is 16.1. The maximum absolute atomic E-state index is 12.1. The van der Waals surface area contributed by atoms with E-state index in [4.69, 9.17) is 9.47 Å². The van der Waals surface area contributed by atoms with E-state index in [1.54, 1.807) is 0 Å². The Bertz CT molecular complexity index is 667. The normalized spacial score (nSPS) is 15.8. The van der Waals surface area contributed by atoms with Crippen LogP contribution in [0.15, 0.2) is 48.5 Å². The molecule has 0 radical (unpaired) electrons. The SMILES string of the molecule is CCOc1ccc(OCC(=O)N[C@@H]2CCc3ccccc32)cc1. The van der Waals surface area contributed by atoms with Gasteiger partial charge in [-0.25, -0.2) is 0 Å². The van der Waals surface area contributed by atoms with Gasteiger partial charge in [-0.3, -0.25) is 4.79 Å². The van der Waals surface area contributed by atoms with Gasteiger partial charge < -0.3 is 14.8 Å². The average molecular weight is 311 g/mol. The lowest BCUT2D eigenvalue weighted by Gasteiger charge is -2.14. The molecule has 2 aromatic rings. The first kappa shape index (κ1) is 15.4. The molecule has 0 unspecified atom stereocenters. The number of carbonyl (C=O) groups excluding carboxylic acids is 1. The Labute approximate surface area is 136 Å². The van der Waals surface area contributed by atoms with E-state index in [1.165, 1.54) is 11.1 Å². The van der Waals surface area contributed by atoms with Crippen molar-refractivity contribution in [3.63, 3.8) is 0 Å². The average Bonchev–Trinajstić information content (AvgIpc) is 2.98. The molecule has 1 atom stereocenters. The van der Waals surface area contributed by atoms with Crippen LogP contribution < -0.4 is 14.8 Å². The molecule has 120 valence electrons. The van der Waals surface area contributed by atoms with Crippen molar-refractivity contribution >= 4 is 5.91 Å². The molecule has 3 rings (SSSR count). The van der Waals surface area contributed by atoms with Gasteiger partial charge in [-0.15, -0.1) is 0 Å². The number of amides is 1. The van der Waals surface area contributed by atoms with Gasteiger partial charge in [0.2, 0.25) is 0 Å². The standard InChI is InChI=1S/C19H21NO3/c1-2-22-15-8-10-16(11-9-15)23-13-19(21)20-18-12-7-14-5-3-4-6-17(14)18/h3-6,8-11,18H,2,7,12-13H2,1H3,(H,20,21)/t18-/m1/s1. The third kappa shape index (κ3) is 3.83. The number of ether oxygens (including phenoxy) is 2. The van der Waals surface area contributed by atoms with E-state index in [2.05, 4.69) is 17.4 Å². The van der Waals surface area contributed by atoms with Crippen LogP contribution in [-0.4, -0.2) is 19.1 Å². The molecule has 0 aliphatic heterocycles. The van der Waals surface area contributed by atoms with Crippen molar-refractivity contribution in [2.75, 3.05) is 13.2 Å². The zero-order valence-electron chi connectivity index (χ0n) is 13.2. The van der Waals surface area contributed by atoms with Gasteiger partial charge in [0.05, 0.1) is 12.6 Å². The van der Waals surface area contributed by atoms with Gasteiger partial charge in [0.15, 0.2) is 6.61 Å². The molecule has 0 fully saturated rings. The quantitative estimate of drug-likeness (QED) is 0.890. The number of benzene rings is 2. The molecule has 1 N–H and O–H groups in total.